The summed E-state index contributed by atoms with van der Waals surface area (Å²) in [7, 11) is 0. The Hall–Kier alpha value is -2.00. The zero-order valence-electron chi connectivity index (χ0n) is 13.7. The number of nitrogens with one attached hydrogen (secondary N) is 1. The maximum atomic E-state index is 5.92. The average molecular weight is 308 g/mol. The van der Waals surface area contributed by atoms with Crippen LogP contribution in [0, 0.1) is 0 Å². The third-order valence-electron chi connectivity index (χ3n) is 4.94. The predicted octanol–water partition coefficient (Wildman–Crippen LogP) is 3.90. The van der Waals surface area contributed by atoms with E-state index in [4.69, 9.17) is 4.74 Å². The molecule has 2 aliphatic heterocycles. The SMILES string of the molecule is CC1Cc2ccccc2N1c1ccc(OC[C@H]2CCCN2)cc1. The lowest BCUT2D eigenvalue weighted by Crippen LogP contribution is -2.28. The van der Waals surface area contributed by atoms with Crippen LogP contribution in [0.25, 0.3) is 0 Å². The van der Waals surface area contributed by atoms with Gasteiger partial charge in [0, 0.05) is 23.5 Å². The first-order valence-electron chi connectivity index (χ1n) is 8.64. The molecule has 0 saturated carbocycles. The normalized spacial score (nSPS) is 23.1. The maximum absolute atomic E-state index is 5.92. The Balaban J connectivity index is 1.47. The first kappa shape index (κ1) is 14.6. The number of hydrogen-bond acceptors (Lipinski definition) is 3. The third kappa shape index (κ3) is 2.93. The number of fused-ring (bicyclic) bond motifs is 1. The summed E-state index contributed by atoms with van der Waals surface area (Å²) in [5.41, 5.74) is 4.02. The van der Waals surface area contributed by atoms with Gasteiger partial charge in [-0.2, -0.15) is 0 Å². The van der Waals surface area contributed by atoms with Crippen molar-refractivity contribution >= 4 is 11.4 Å². The summed E-state index contributed by atoms with van der Waals surface area (Å²) in [5, 5.41) is 3.47. The minimum atomic E-state index is 0.502. The number of anilines is 2. The largest absolute Gasteiger partial charge is 0.492 e. The van der Waals surface area contributed by atoms with E-state index in [0.717, 1.165) is 25.3 Å². The molecular weight excluding hydrogens is 284 g/mol. The summed E-state index contributed by atoms with van der Waals surface area (Å²) in [5.74, 6) is 0.961. The van der Waals surface area contributed by atoms with Gasteiger partial charge in [0.1, 0.15) is 12.4 Å². The van der Waals surface area contributed by atoms with Crippen LogP contribution in [0.5, 0.6) is 5.75 Å². The number of rotatable bonds is 4. The Kier molecular flexibility index (Phi) is 3.96. The van der Waals surface area contributed by atoms with Crippen molar-refractivity contribution in [3.05, 3.63) is 54.1 Å². The molecule has 2 aliphatic rings. The van der Waals surface area contributed by atoms with Crippen molar-refractivity contribution in [2.24, 2.45) is 0 Å². The van der Waals surface area contributed by atoms with E-state index in [1.54, 1.807) is 0 Å². The summed E-state index contributed by atoms with van der Waals surface area (Å²) in [6.07, 6.45) is 3.60. The van der Waals surface area contributed by atoms with Crippen molar-refractivity contribution in [2.45, 2.75) is 38.3 Å². The smallest absolute Gasteiger partial charge is 0.119 e. The molecule has 2 aromatic rings. The van der Waals surface area contributed by atoms with Gasteiger partial charge in [0.25, 0.3) is 0 Å². The summed E-state index contributed by atoms with van der Waals surface area (Å²) >= 11 is 0. The second-order valence-electron chi connectivity index (χ2n) is 6.65. The van der Waals surface area contributed by atoms with Gasteiger partial charge in [0.15, 0.2) is 0 Å². The van der Waals surface area contributed by atoms with E-state index in [1.165, 1.54) is 29.8 Å². The molecule has 120 valence electrons. The average Bonchev–Trinajstić information content (AvgIpc) is 3.20. The van der Waals surface area contributed by atoms with Gasteiger partial charge in [-0.25, -0.2) is 0 Å². The summed E-state index contributed by atoms with van der Waals surface area (Å²) in [6, 6.07) is 18.3. The monoisotopic (exact) mass is 308 g/mol. The Bertz CT molecular complexity index is 662. The Morgan fingerprint density at radius 3 is 2.74 bits per heavy atom. The van der Waals surface area contributed by atoms with Crippen LogP contribution in [-0.4, -0.2) is 25.2 Å². The van der Waals surface area contributed by atoms with Gasteiger partial charge < -0.3 is 15.0 Å². The zero-order valence-corrected chi connectivity index (χ0v) is 13.7. The zero-order chi connectivity index (χ0) is 15.6. The van der Waals surface area contributed by atoms with Crippen LogP contribution in [0.1, 0.15) is 25.3 Å². The van der Waals surface area contributed by atoms with Crippen molar-refractivity contribution in [3.63, 3.8) is 0 Å². The molecule has 4 rings (SSSR count). The van der Waals surface area contributed by atoms with Crippen LogP contribution >= 0.6 is 0 Å². The van der Waals surface area contributed by atoms with Crippen LogP contribution in [-0.2, 0) is 6.42 Å². The van der Waals surface area contributed by atoms with Crippen LogP contribution < -0.4 is 15.0 Å². The third-order valence-corrected chi connectivity index (χ3v) is 4.94. The molecule has 0 bridgehead atoms. The van der Waals surface area contributed by atoms with Gasteiger partial charge >= 0.3 is 0 Å². The van der Waals surface area contributed by atoms with Crippen molar-refractivity contribution in [1.82, 2.24) is 5.32 Å². The second kappa shape index (κ2) is 6.25. The lowest BCUT2D eigenvalue weighted by atomic mass is 10.1. The fourth-order valence-corrected chi connectivity index (χ4v) is 3.76. The van der Waals surface area contributed by atoms with E-state index >= 15 is 0 Å². The van der Waals surface area contributed by atoms with E-state index in [-0.39, 0.29) is 0 Å². The van der Waals surface area contributed by atoms with Crippen molar-refractivity contribution in [1.29, 1.82) is 0 Å². The van der Waals surface area contributed by atoms with Crippen LogP contribution in [0.15, 0.2) is 48.5 Å². The maximum Gasteiger partial charge on any atom is 0.119 e. The molecule has 0 aromatic heterocycles. The van der Waals surface area contributed by atoms with Gasteiger partial charge in [0.05, 0.1) is 0 Å². The Morgan fingerprint density at radius 1 is 1.13 bits per heavy atom. The predicted molar refractivity (Wildman–Crippen MR) is 94.7 cm³/mol. The summed E-state index contributed by atoms with van der Waals surface area (Å²) < 4.78 is 5.92. The van der Waals surface area contributed by atoms with Crippen molar-refractivity contribution < 1.29 is 4.74 Å². The first-order chi connectivity index (χ1) is 11.3. The van der Waals surface area contributed by atoms with Crippen molar-refractivity contribution in [2.75, 3.05) is 18.1 Å². The van der Waals surface area contributed by atoms with E-state index in [2.05, 4.69) is 65.7 Å². The Morgan fingerprint density at radius 2 is 1.96 bits per heavy atom. The molecule has 3 heteroatoms. The van der Waals surface area contributed by atoms with E-state index in [9.17, 15) is 0 Å². The molecule has 1 fully saturated rings. The standard InChI is InChI=1S/C20H24N2O/c1-15-13-16-5-2-3-7-20(16)22(15)18-8-10-19(11-9-18)23-14-17-6-4-12-21-17/h2-3,5,7-11,15,17,21H,4,6,12-14H2,1H3/t15?,17-/m1/s1. The molecule has 0 spiro atoms. The minimum absolute atomic E-state index is 0.502. The van der Waals surface area contributed by atoms with Gasteiger partial charge in [-0.05, 0) is 68.6 Å². The van der Waals surface area contributed by atoms with Crippen molar-refractivity contribution in [3.8, 4) is 5.75 Å². The lowest BCUT2D eigenvalue weighted by Gasteiger charge is -2.25. The highest BCUT2D eigenvalue weighted by molar-refractivity contribution is 5.71. The van der Waals surface area contributed by atoms with Crippen LogP contribution in [0.2, 0.25) is 0 Å². The highest BCUT2D eigenvalue weighted by Gasteiger charge is 2.26. The molecule has 1 saturated heterocycles. The van der Waals surface area contributed by atoms with Crippen LogP contribution in [0.4, 0.5) is 11.4 Å². The molecule has 3 nitrogen and oxygen atoms in total. The topological polar surface area (TPSA) is 24.5 Å². The molecule has 0 amide bonds. The van der Waals surface area contributed by atoms with Crippen LogP contribution in [0.3, 0.4) is 0 Å². The number of nitrogens with zero attached hydrogens (tertiary/aromatic N) is 1. The minimum Gasteiger partial charge on any atom is -0.492 e. The molecule has 1 unspecified atom stereocenters. The highest BCUT2D eigenvalue weighted by Crippen LogP contribution is 2.38. The van der Waals surface area contributed by atoms with Gasteiger partial charge in [0.2, 0.25) is 0 Å². The number of ether oxygens (including phenoxy) is 1. The number of benzene rings is 2. The summed E-state index contributed by atoms with van der Waals surface area (Å²) in [6.45, 7) is 4.18. The number of para-hydroxylation sites is 1. The fourth-order valence-electron chi connectivity index (χ4n) is 3.76. The molecule has 1 N–H and O–H groups in total. The summed E-state index contributed by atoms with van der Waals surface area (Å²) in [4.78, 5) is 2.43. The van der Waals surface area contributed by atoms with E-state index < -0.39 is 0 Å². The molecule has 0 aliphatic carbocycles. The quantitative estimate of drug-likeness (QED) is 0.927. The molecular formula is C20H24N2O. The van der Waals surface area contributed by atoms with E-state index in [1.807, 2.05) is 0 Å². The molecule has 2 aromatic carbocycles. The van der Waals surface area contributed by atoms with E-state index in [0.29, 0.717) is 12.1 Å². The van der Waals surface area contributed by atoms with Gasteiger partial charge in [-0.3, -0.25) is 0 Å². The molecule has 2 heterocycles. The fraction of sp³-hybridized carbons (Fsp3) is 0.400. The van der Waals surface area contributed by atoms with Gasteiger partial charge in [-0.15, -0.1) is 0 Å². The second-order valence-corrected chi connectivity index (χ2v) is 6.65. The van der Waals surface area contributed by atoms with Gasteiger partial charge in [-0.1, -0.05) is 18.2 Å². The molecule has 23 heavy (non-hydrogen) atoms. The molecule has 2 atom stereocenters. The Labute approximate surface area is 138 Å². The first-order valence-corrected chi connectivity index (χ1v) is 8.64. The lowest BCUT2D eigenvalue weighted by molar-refractivity contribution is 0.277. The highest BCUT2D eigenvalue weighted by atomic mass is 16.5. The molecule has 0 radical (unpaired) electrons. The number of hydrogen-bond donors (Lipinski definition) is 1.